The number of benzene rings is 2. The maximum absolute atomic E-state index is 14.0. The first kappa shape index (κ1) is 16.0. The molecule has 1 N–H and O–H groups in total. The fourth-order valence-corrected chi connectivity index (χ4v) is 2.85. The molecule has 2 heterocycles. The smallest absolute Gasteiger partial charge is 0.254 e. The molecule has 0 radical (unpaired) electrons. The highest BCUT2D eigenvalue weighted by molar-refractivity contribution is 5.95. The molecule has 4 rings (SSSR count). The van der Waals surface area contributed by atoms with Gasteiger partial charge in [0.2, 0.25) is 0 Å². The molecular weight excluding hydrogens is 331 g/mol. The van der Waals surface area contributed by atoms with Gasteiger partial charge in [-0.3, -0.25) is 9.48 Å². The summed E-state index contributed by atoms with van der Waals surface area (Å²) in [4.78, 5) is 17.1. The minimum absolute atomic E-state index is 0.235. The number of carbonyl (C=O) groups excluding carboxylic acids is 1. The van der Waals surface area contributed by atoms with Crippen LogP contribution in [0.2, 0.25) is 0 Å². The average molecular weight is 346 g/mol. The summed E-state index contributed by atoms with van der Waals surface area (Å²) in [5, 5.41) is 7.74. The number of nitrogens with zero attached hydrogens (tertiary/aromatic N) is 3. The molecule has 4 aromatic rings. The largest absolute Gasteiger partial charge is 0.309 e. The maximum Gasteiger partial charge on any atom is 0.254 e. The van der Waals surface area contributed by atoms with Gasteiger partial charge in [0, 0.05) is 17.8 Å². The molecule has 2 aromatic carbocycles. The van der Waals surface area contributed by atoms with Gasteiger partial charge >= 0.3 is 0 Å². The Kier molecular flexibility index (Phi) is 4.15. The first-order valence-electron chi connectivity index (χ1n) is 8.12. The number of fused-ring (bicyclic) bond motifs is 1. The van der Waals surface area contributed by atoms with Crippen molar-refractivity contribution in [3.8, 4) is 0 Å². The van der Waals surface area contributed by atoms with Crippen LogP contribution < -0.4 is 5.32 Å². The van der Waals surface area contributed by atoms with Crippen LogP contribution in [-0.2, 0) is 4.79 Å². The number of rotatable bonds is 4. The van der Waals surface area contributed by atoms with Gasteiger partial charge < -0.3 is 5.32 Å². The summed E-state index contributed by atoms with van der Waals surface area (Å²) in [6.45, 7) is 0. The first-order valence-corrected chi connectivity index (χ1v) is 8.12. The van der Waals surface area contributed by atoms with E-state index >= 15 is 0 Å². The number of carbonyl (C=O) groups is 1. The molecule has 0 spiro atoms. The Balaban J connectivity index is 1.77. The summed E-state index contributed by atoms with van der Waals surface area (Å²) in [5.41, 5.74) is 0.980. The average Bonchev–Trinajstić information content (AvgIpc) is 3.09. The zero-order chi connectivity index (χ0) is 17.9. The molecule has 0 saturated carbocycles. The van der Waals surface area contributed by atoms with E-state index in [1.807, 2.05) is 30.3 Å². The van der Waals surface area contributed by atoms with E-state index in [0.29, 0.717) is 11.2 Å². The number of nitrogens with one attached hydrogen (secondary N) is 1. The zero-order valence-corrected chi connectivity index (χ0v) is 13.7. The van der Waals surface area contributed by atoms with Crippen molar-refractivity contribution in [3.05, 3.63) is 90.5 Å². The second-order valence-electron chi connectivity index (χ2n) is 5.80. The molecule has 0 aliphatic heterocycles. The number of hydrogen-bond donors (Lipinski definition) is 1. The highest BCUT2D eigenvalue weighted by Gasteiger charge is 2.24. The van der Waals surface area contributed by atoms with Gasteiger partial charge in [-0.05, 0) is 23.8 Å². The molecule has 2 aromatic heterocycles. The van der Waals surface area contributed by atoms with E-state index in [1.54, 1.807) is 42.7 Å². The summed E-state index contributed by atoms with van der Waals surface area (Å²) in [7, 11) is 0. The Bertz CT molecular complexity index is 1050. The van der Waals surface area contributed by atoms with Gasteiger partial charge in [-0.25, -0.2) is 9.37 Å². The Morgan fingerprint density at radius 3 is 2.54 bits per heavy atom. The molecule has 0 aliphatic rings. The molecule has 128 valence electrons. The topological polar surface area (TPSA) is 59.8 Å². The zero-order valence-electron chi connectivity index (χ0n) is 13.7. The quantitative estimate of drug-likeness (QED) is 0.611. The van der Waals surface area contributed by atoms with Crippen molar-refractivity contribution in [2.45, 2.75) is 6.04 Å². The lowest BCUT2D eigenvalue weighted by molar-refractivity contribution is -0.118. The summed E-state index contributed by atoms with van der Waals surface area (Å²) in [5.74, 6) is -0.275. The van der Waals surface area contributed by atoms with Crippen molar-refractivity contribution >= 4 is 22.6 Å². The third kappa shape index (κ3) is 3.04. The molecule has 1 amide bonds. The maximum atomic E-state index is 14.0. The van der Waals surface area contributed by atoms with Gasteiger partial charge in [-0.15, -0.1) is 0 Å². The van der Waals surface area contributed by atoms with Crippen molar-refractivity contribution in [1.82, 2.24) is 14.8 Å². The van der Waals surface area contributed by atoms with E-state index in [4.69, 9.17) is 0 Å². The van der Waals surface area contributed by atoms with Crippen LogP contribution in [-0.4, -0.2) is 20.7 Å². The van der Waals surface area contributed by atoms with Gasteiger partial charge in [0.1, 0.15) is 11.3 Å². The Morgan fingerprint density at radius 1 is 1.00 bits per heavy atom. The van der Waals surface area contributed by atoms with E-state index in [-0.39, 0.29) is 11.4 Å². The molecule has 0 bridgehead atoms. The van der Waals surface area contributed by atoms with Crippen molar-refractivity contribution in [1.29, 1.82) is 0 Å². The lowest BCUT2D eigenvalue weighted by atomic mass is 10.1. The fourth-order valence-electron chi connectivity index (χ4n) is 2.85. The fraction of sp³-hybridized carbons (Fsp3) is 0.0500. The van der Waals surface area contributed by atoms with Crippen LogP contribution in [0.5, 0.6) is 0 Å². The normalized spacial score (nSPS) is 12.0. The molecule has 5 nitrogen and oxygen atoms in total. The first-order chi connectivity index (χ1) is 12.7. The molecule has 6 heteroatoms. The Labute approximate surface area is 149 Å². The van der Waals surface area contributed by atoms with Crippen molar-refractivity contribution < 1.29 is 9.18 Å². The number of anilines is 1. The van der Waals surface area contributed by atoms with Crippen LogP contribution in [0.1, 0.15) is 11.6 Å². The third-order valence-electron chi connectivity index (χ3n) is 4.05. The van der Waals surface area contributed by atoms with Crippen molar-refractivity contribution in [2.75, 3.05) is 5.32 Å². The van der Waals surface area contributed by atoms with Crippen LogP contribution in [0.15, 0.2) is 79.1 Å². The van der Waals surface area contributed by atoms with Crippen LogP contribution in [0.4, 0.5) is 10.2 Å². The van der Waals surface area contributed by atoms with Gasteiger partial charge in [0.25, 0.3) is 5.91 Å². The van der Waals surface area contributed by atoms with Gasteiger partial charge in [0.15, 0.2) is 11.9 Å². The second-order valence-corrected chi connectivity index (χ2v) is 5.80. The number of aromatic nitrogens is 3. The van der Waals surface area contributed by atoms with Gasteiger partial charge in [-0.1, -0.05) is 48.5 Å². The number of halogens is 1. The Morgan fingerprint density at radius 2 is 1.81 bits per heavy atom. The standard InChI is InChI=1S/C20H15FN4O/c21-16-10-6-9-15-13-25(24-18(15)16)19(14-7-2-1-3-8-14)20(26)23-17-11-4-5-12-22-17/h1-13,19H,(H,22,23,26)/t19-/m1/s1. The number of pyridine rings is 1. The van der Waals surface area contributed by atoms with E-state index in [1.165, 1.54) is 10.7 Å². The van der Waals surface area contributed by atoms with Crippen LogP contribution in [0.25, 0.3) is 10.9 Å². The van der Waals surface area contributed by atoms with E-state index < -0.39 is 11.9 Å². The SMILES string of the molecule is O=C(Nc1ccccn1)[C@@H](c1ccccc1)n1cc2cccc(F)c2n1. The van der Waals surface area contributed by atoms with Gasteiger partial charge in [0.05, 0.1) is 0 Å². The van der Waals surface area contributed by atoms with E-state index in [0.717, 1.165) is 5.56 Å². The summed E-state index contributed by atoms with van der Waals surface area (Å²) in [6.07, 6.45) is 3.28. The number of amides is 1. The van der Waals surface area contributed by atoms with Crippen molar-refractivity contribution in [2.24, 2.45) is 0 Å². The third-order valence-corrected chi connectivity index (χ3v) is 4.05. The minimum atomic E-state index is -0.745. The lowest BCUT2D eigenvalue weighted by Gasteiger charge is -2.17. The molecule has 1 atom stereocenters. The summed E-state index contributed by atoms with van der Waals surface area (Å²) in [6, 6.07) is 18.5. The monoisotopic (exact) mass is 346 g/mol. The van der Waals surface area contributed by atoms with E-state index in [9.17, 15) is 9.18 Å². The highest BCUT2D eigenvalue weighted by atomic mass is 19.1. The molecule has 0 saturated heterocycles. The molecule has 0 fully saturated rings. The molecule has 0 aliphatic carbocycles. The van der Waals surface area contributed by atoms with Crippen molar-refractivity contribution in [3.63, 3.8) is 0 Å². The predicted octanol–water partition coefficient (Wildman–Crippen LogP) is 3.80. The van der Waals surface area contributed by atoms with Crippen LogP contribution in [0, 0.1) is 5.82 Å². The summed E-state index contributed by atoms with van der Waals surface area (Å²) >= 11 is 0. The predicted molar refractivity (Wildman–Crippen MR) is 97.1 cm³/mol. The van der Waals surface area contributed by atoms with Crippen LogP contribution >= 0.6 is 0 Å². The number of hydrogen-bond acceptors (Lipinski definition) is 3. The lowest BCUT2D eigenvalue weighted by Crippen LogP contribution is -2.27. The molecular formula is C20H15FN4O. The second kappa shape index (κ2) is 6.76. The molecule has 0 unspecified atom stereocenters. The van der Waals surface area contributed by atoms with E-state index in [2.05, 4.69) is 15.4 Å². The van der Waals surface area contributed by atoms with Crippen LogP contribution in [0.3, 0.4) is 0 Å². The summed E-state index contributed by atoms with van der Waals surface area (Å²) < 4.78 is 15.5. The Hall–Kier alpha value is -3.54. The molecule has 26 heavy (non-hydrogen) atoms. The van der Waals surface area contributed by atoms with Gasteiger partial charge in [-0.2, -0.15) is 5.10 Å². The highest BCUT2D eigenvalue weighted by Crippen LogP contribution is 2.24. The minimum Gasteiger partial charge on any atom is -0.309 e.